The predicted molar refractivity (Wildman–Crippen MR) is 84.3 cm³/mol. The van der Waals surface area contributed by atoms with Crippen LogP contribution in [0.15, 0.2) is 18.2 Å². The second-order valence-corrected chi connectivity index (χ2v) is 7.52. The number of morpholine rings is 1. The first-order chi connectivity index (χ1) is 9.88. The van der Waals surface area contributed by atoms with Gasteiger partial charge < -0.3 is 15.0 Å². The van der Waals surface area contributed by atoms with Gasteiger partial charge in [0.05, 0.1) is 23.2 Å². The Hall–Kier alpha value is -1.14. The third-order valence-electron chi connectivity index (χ3n) is 3.36. The topological polar surface area (TPSA) is 41.6 Å². The predicted octanol–water partition coefficient (Wildman–Crippen LogP) is 2.45. The summed E-state index contributed by atoms with van der Waals surface area (Å²) in [5, 5.41) is 2.78. The van der Waals surface area contributed by atoms with Crippen LogP contribution in [0.5, 0.6) is 0 Å². The third-order valence-corrected chi connectivity index (χ3v) is 3.72. The van der Waals surface area contributed by atoms with Crippen molar-refractivity contribution in [2.75, 3.05) is 31.2 Å². The van der Waals surface area contributed by atoms with Crippen LogP contribution in [0.3, 0.4) is 0 Å². The van der Waals surface area contributed by atoms with Crippen LogP contribution in [0.4, 0.5) is 10.1 Å². The van der Waals surface area contributed by atoms with Crippen molar-refractivity contribution in [2.24, 2.45) is 0 Å². The first-order valence-corrected chi connectivity index (χ1v) is 7.75. The lowest BCUT2D eigenvalue weighted by molar-refractivity contribution is -0.122. The Morgan fingerprint density at radius 1 is 1.43 bits per heavy atom. The van der Waals surface area contributed by atoms with E-state index in [2.05, 4.69) is 21.2 Å². The second-order valence-electron chi connectivity index (χ2n) is 5.54. The highest BCUT2D eigenvalue weighted by molar-refractivity contribution is 9.10. The lowest BCUT2D eigenvalue weighted by Crippen LogP contribution is -2.37. The van der Waals surface area contributed by atoms with E-state index in [4.69, 9.17) is 4.74 Å². The zero-order valence-electron chi connectivity index (χ0n) is 12.3. The van der Waals surface area contributed by atoms with E-state index < -0.39 is 4.32 Å². The van der Waals surface area contributed by atoms with Crippen molar-refractivity contribution in [2.45, 2.75) is 24.7 Å². The van der Waals surface area contributed by atoms with Gasteiger partial charge in [-0.1, -0.05) is 22.0 Å². The number of rotatable bonds is 4. The first-order valence-electron chi connectivity index (χ1n) is 6.96. The summed E-state index contributed by atoms with van der Waals surface area (Å²) in [7, 11) is 0. The third kappa shape index (κ3) is 4.41. The average Bonchev–Trinajstić information content (AvgIpc) is 2.44. The van der Waals surface area contributed by atoms with E-state index in [1.807, 2.05) is 11.0 Å². The number of halogens is 2. The number of anilines is 1. The molecule has 1 aliphatic heterocycles. The Bertz CT molecular complexity index is 511. The van der Waals surface area contributed by atoms with E-state index in [1.54, 1.807) is 19.9 Å². The minimum absolute atomic E-state index is 0.125. The maximum atomic E-state index is 14.2. The van der Waals surface area contributed by atoms with Gasteiger partial charge in [0, 0.05) is 19.6 Å². The largest absolute Gasteiger partial charge is 0.378 e. The zero-order chi connectivity index (χ0) is 15.5. The summed E-state index contributed by atoms with van der Waals surface area (Å²) in [5.74, 6) is -0.387. The maximum absolute atomic E-state index is 14.2. The van der Waals surface area contributed by atoms with Gasteiger partial charge in [0.15, 0.2) is 0 Å². The monoisotopic (exact) mass is 358 g/mol. The van der Waals surface area contributed by atoms with Gasteiger partial charge in [-0.3, -0.25) is 4.79 Å². The van der Waals surface area contributed by atoms with Crippen molar-refractivity contribution in [1.82, 2.24) is 5.32 Å². The Balaban J connectivity index is 2.00. The van der Waals surface area contributed by atoms with E-state index in [-0.39, 0.29) is 11.7 Å². The quantitative estimate of drug-likeness (QED) is 0.840. The highest BCUT2D eigenvalue weighted by atomic mass is 79.9. The molecule has 6 heteroatoms. The zero-order valence-corrected chi connectivity index (χ0v) is 13.9. The smallest absolute Gasteiger partial charge is 0.236 e. The van der Waals surface area contributed by atoms with Gasteiger partial charge in [-0.2, -0.15) is 0 Å². The average molecular weight is 359 g/mol. The van der Waals surface area contributed by atoms with Gasteiger partial charge in [-0.05, 0) is 31.5 Å². The Labute approximate surface area is 132 Å². The van der Waals surface area contributed by atoms with Crippen molar-refractivity contribution in [3.8, 4) is 0 Å². The number of amides is 1. The second kappa shape index (κ2) is 6.75. The van der Waals surface area contributed by atoms with Gasteiger partial charge in [0.2, 0.25) is 5.91 Å². The van der Waals surface area contributed by atoms with Crippen molar-refractivity contribution in [1.29, 1.82) is 0 Å². The van der Waals surface area contributed by atoms with Crippen molar-refractivity contribution in [3.63, 3.8) is 0 Å². The number of hydrogen-bond donors (Lipinski definition) is 1. The number of carbonyl (C=O) groups excluding carboxylic acids is 1. The fraction of sp³-hybridized carbons (Fsp3) is 0.533. The molecule has 4 nitrogen and oxygen atoms in total. The summed E-state index contributed by atoms with van der Waals surface area (Å²) < 4.78 is 18.8. The molecule has 0 aliphatic carbocycles. The highest BCUT2D eigenvalue weighted by Gasteiger charge is 2.23. The van der Waals surface area contributed by atoms with E-state index in [1.165, 1.54) is 6.07 Å². The first kappa shape index (κ1) is 16.2. The van der Waals surface area contributed by atoms with E-state index in [9.17, 15) is 9.18 Å². The molecule has 1 aromatic carbocycles. The van der Waals surface area contributed by atoms with Crippen molar-refractivity contribution < 1.29 is 13.9 Å². The molecule has 21 heavy (non-hydrogen) atoms. The molecule has 1 saturated heterocycles. The van der Waals surface area contributed by atoms with E-state index in [0.717, 1.165) is 5.56 Å². The summed E-state index contributed by atoms with van der Waals surface area (Å²) in [6, 6.07) is 5.09. The summed E-state index contributed by atoms with van der Waals surface area (Å²) >= 11 is 3.29. The molecule has 0 radical (unpaired) electrons. The molecule has 0 spiro atoms. The number of hydrogen-bond acceptors (Lipinski definition) is 3. The highest BCUT2D eigenvalue weighted by Crippen LogP contribution is 2.22. The van der Waals surface area contributed by atoms with Crippen LogP contribution in [0, 0.1) is 5.82 Å². The molecule has 116 valence electrons. The molecule has 0 unspecified atom stereocenters. The summed E-state index contributed by atoms with van der Waals surface area (Å²) in [6.07, 6.45) is 0. The molecule has 0 saturated carbocycles. The number of nitrogens with one attached hydrogen (secondary N) is 1. The molecule has 1 amide bonds. The lowest BCUT2D eigenvalue weighted by Gasteiger charge is -2.29. The molecule has 0 bridgehead atoms. The van der Waals surface area contributed by atoms with Crippen LogP contribution in [0.1, 0.15) is 19.4 Å². The molecule has 2 rings (SSSR count). The number of nitrogens with zero attached hydrogens (tertiary/aromatic N) is 1. The van der Waals surface area contributed by atoms with Gasteiger partial charge >= 0.3 is 0 Å². The van der Waals surface area contributed by atoms with Crippen LogP contribution in [-0.2, 0) is 16.1 Å². The molecule has 1 fully saturated rings. The standard InChI is InChI=1S/C15H20BrFN2O2/c1-15(2,16)14(20)18-10-11-3-4-13(12(17)9-11)19-5-7-21-8-6-19/h3-4,9H,5-8,10H2,1-2H3,(H,18,20). The Morgan fingerprint density at radius 2 is 2.10 bits per heavy atom. The molecular weight excluding hydrogens is 339 g/mol. The summed E-state index contributed by atoms with van der Waals surface area (Å²) in [5.41, 5.74) is 1.34. The summed E-state index contributed by atoms with van der Waals surface area (Å²) in [4.78, 5) is 13.7. The summed E-state index contributed by atoms with van der Waals surface area (Å²) in [6.45, 7) is 6.49. The molecular formula is C15H20BrFN2O2. The lowest BCUT2D eigenvalue weighted by atomic mass is 10.1. The molecule has 0 aromatic heterocycles. The molecule has 1 aromatic rings. The Kier molecular flexibility index (Phi) is 5.22. The SMILES string of the molecule is CC(C)(Br)C(=O)NCc1ccc(N2CCOCC2)c(F)c1. The van der Waals surface area contributed by atoms with Crippen molar-refractivity contribution in [3.05, 3.63) is 29.6 Å². The van der Waals surface area contributed by atoms with Crippen molar-refractivity contribution >= 4 is 27.5 Å². The molecule has 0 atom stereocenters. The van der Waals surface area contributed by atoms with Crippen LogP contribution in [-0.4, -0.2) is 36.5 Å². The number of benzene rings is 1. The van der Waals surface area contributed by atoms with Gasteiger partial charge in [0.25, 0.3) is 0 Å². The molecule has 1 heterocycles. The van der Waals surface area contributed by atoms with Crippen LogP contribution >= 0.6 is 15.9 Å². The van der Waals surface area contributed by atoms with Crippen LogP contribution in [0.25, 0.3) is 0 Å². The fourth-order valence-corrected chi connectivity index (χ4v) is 2.25. The Morgan fingerprint density at radius 3 is 2.67 bits per heavy atom. The maximum Gasteiger partial charge on any atom is 0.236 e. The van der Waals surface area contributed by atoms with Gasteiger partial charge in [0.1, 0.15) is 5.82 Å². The molecule has 1 aliphatic rings. The number of ether oxygens (including phenoxy) is 1. The van der Waals surface area contributed by atoms with Crippen LogP contribution in [0.2, 0.25) is 0 Å². The van der Waals surface area contributed by atoms with Gasteiger partial charge in [-0.25, -0.2) is 4.39 Å². The normalized spacial score (nSPS) is 15.9. The van der Waals surface area contributed by atoms with E-state index in [0.29, 0.717) is 38.5 Å². The number of carbonyl (C=O) groups is 1. The minimum Gasteiger partial charge on any atom is -0.378 e. The van der Waals surface area contributed by atoms with Gasteiger partial charge in [-0.15, -0.1) is 0 Å². The van der Waals surface area contributed by atoms with Crippen LogP contribution < -0.4 is 10.2 Å². The molecule has 1 N–H and O–H groups in total. The van der Waals surface area contributed by atoms with E-state index >= 15 is 0 Å². The number of alkyl halides is 1. The minimum atomic E-state index is -0.626. The fourth-order valence-electron chi connectivity index (χ4n) is 2.11.